The number of carbonyl (C=O) groups excluding carboxylic acids is 1. The van der Waals surface area contributed by atoms with E-state index in [2.05, 4.69) is 5.10 Å². The van der Waals surface area contributed by atoms with Crippen LogP contribution in [0.2, 0.25) is 9.36 Å². The smallest absolute Gasteiger partial charge is 0.274 e. The van der Waals surface area contributed by atoms with E-state index in [1.807, 2.05) is 0 Å². The zero-order valence-electron chi connectivity index (χ0n) is 13.4. The van der Waals surface area contributed by atoms with Crippen molar-refractivity contribution in [3.8, 4) is 0 Å². The number of nitrogens with zero attached hydrogens (tertiary/aromatic N) is 3. The molecule has 2 aromatic rings. The van der Waals surface area contributed by atoms with Gasteiger partial charge in [0.25, 0.3) is 5.91 Å². The van der Waals surface area contributed by atoms with E-state index in [9.17, 15) is 18.0 Å². The normalized spacial score (nSPS) is 13.1. The standard InChI is InChI=1S/C14H14Cl2F3N3O2S/c1-7(4-8-10(15)6-25-12(8)16)22(24-3)13(23)9-5-21(2)20-11(9)14(17,18)19/h5-7H,4H2,1-3H3. The number of alkyl halides is 3. The average molecular weight is 416 g/mol. The molecule has 0 aliphatic carbocycles. The first-order valence-corrected chi connectivity index (χ1v) is 8.59. The summed E-state index contributed by atoms with van der Waals surface area (Å²) in [7, 11) is 2.51. The number of carbonyl (C=O) groups is 1. The van der Waals surface area contributed by atoms with Crippen molar-refractivity contribution in [1.82, 2.24) is 14.8 Å². The van der Waals surface area contributed by atoms with Gasteiger partial charge in [0.05, 0.1) is 28.1 Å². The summed E-state index contributed by atoms with van der Waals surface area (Å²) in [6.07, 6.45) is -3.52. The summed E-state index contributed by atoms with van der Waals surface area (Å²) in [4.78, 5) is 17.6. The van der Waals surface area contributed by atoms with Crippen LogP contribution in [0.3, 0.4) is 0 Å². The van der Waals surface area contributed by atoms with Gasteiger partial charge in [0.1, 0.15) is 0 Å². The molecule has 1 amide bonds. The maximum Gasteiger partial charge on any atom is 0.435 e. The van der Waals surface area contributed by atoms with Crippen molar-refractivity contribution < 1.29 is 22.8 Å². The second kappa shape index (κ2) is 7.53. The third-order valence-corrected chi connectivity index (χ3v) is 5.18. The lowest BCUT2D eigenvalue weighted by Gasteiger charge is -2.26. The number of halogens is 5. The topological polar surface area (TPSA) is 47.4 Å². The van der Waals surface area contributed by atoms with Gasteiger partial charge >= 0.3 is 6.18 Å². The summed E-state index contributed by atoms with van der Waals surface area (Å²) in [6, 6.07) is -0.608. The molecular formula is C14H14Cl2F3N3O2S. The molecule has 1 unspecified atom stereocenters. The maximum atomic E-state index is 13.1. The third kappa shape index (κ3) is 4.28. The van der Waals surface area contributed by atoms with Crippen molar-refractivity contribution in [3.05, 3.63) is 37.8 Å². The van der Waals surface area contributed by atoms with Gasteiger partial charge in [-0.1, -0.05) is 23.2 Å². The number of hydrogen-bond acceptors (Lipinski definition) is 4. The van der Waals surface area contributed by atoms with Crippen LogP contribution in [0.5, 0.6) is 0 Å². The molecule has 0 N–H and O–H groups in total. The quantitative estimate of drug-likeness (QED) is 0.678. The molecule has 0 fully saturated rings. The number of aryl methyl sites for hydroxylation is 1. The second-order valence-corrected chi connectivity index (χ2v) is 7.15. The minimum atomic E-state index is -4.76. The Labute approximate surface area is 155 Å². The van der Waals surface area contributed by atoms with Crippen LogP contribution in [0.15, 0.2) is 11.6 Å². The van der Waals surface area contributed by atoms with Crippen molar-refractivity contribution in [2.24, 2.45) is 7.05 Å². The fraction of sp³-hybridized carbons (Fsp3) is 0.429. The van der Waals surface area contributed by atoms with E-state index in [-0.39, 0.29) is 6.42 Å². The second-order valence-electron chi connectivity index (χ2n) is 5.27. The first-order chi connectivity index (χ1) is 11.6. The van der Waals surface area contributed by atoms with Gasteiger partial charge in [0.2, 0.25) is 0 Å². The van der Waals surface area contributed by atoms with E-state index in [1.165, 1.54) is 25.5 Å². The van der Waals surface area contributed by atoms with Gasteiger partial charge in [-0.25, -0.2) is 5.06 Å². The van der Waals surface area contributed by atoms with Crippen molar-refractivity contribution in [2.45, 2.75) is 25.6 Å². The lowest BCUT2D eigenvalue weighted by molar-refractivity contribution is -0.143. The molecule has 5 nitrogen and oxygen atoms in total. The molecule has 0 aliphatic heterocycles. The number of hydroxylamine groups is 2. The predicted octanol–water partition coefficient (Wildman–Crippen LogP) is 4.44. The number of aromatic nitrogens is 2. The van der Waals surface area contributed by atoms with Crippen LogP contribution in [0.25, 0.3) is 0 Å². The molecule has 11 heteroatoms. The number of hydrogen-bond donors (Lipinski definition) is 0. The summed E-state index contributed by atoms with van der Waals surface area (Å²) in [5, 5.41) is 6.27. The molecule has 0 aliphatic rings. The monoisotopic (exact) mass is 415 g/mol. The lowest BCUT2D eigenvalue weighted by Crippen LogP contribution is -2.39. The highest BCUT2D eigenvalue weighted by Gasteiger charge is 2.40. The Bertz CT molecular complexity index is 756. The first-order valence-electron chi connectivity index (χ1n) is 6.96. The summed E-state index contributed by atoms with van der Waals surface area (Å²) in [6.45, 7) is 1.62. The van der Waals surface area contributed by atoms with Gasteiger partial charge in [-0.3, -0.25) is 14.3 Å². The highest BCUT2D eigenvalue weighted by Crippen LogP contribution is 2.34. The SMILES string of the molecule is CON(C(=O)c1cn(C)nc1C(F)(F)F)C(C)Cc1c(Cl)csc1Cl. The van der Waals surface area contributed by atoms with Crippen molar-refractivity contribution in [1.29, 1.82) is 0 Å². The highest BCUT2D eigenvalue weighted by molar-refractivity contribution is 7.15. The molecule has 2 rings (SSSR count). The molecule has 138 valence electrons. The minimum Gasteiger partial charge on any atom is -0.274 e. The number of rotatable bonds is 5. The maximum absolute atomic E-state index is 13.1. The molecule has 2 heterocycles. The van der Waals surface area contributed by atoms with Crippen LogP contribution in [0, 0.1) is 0 Å². The number of amides is 1. The van der Waals surface area contributed by atoms with Crippen LogP contribution in [-0.4, -0.2) is 33.9 Å². The van der Waals surface area contributed by atoms with Crippen LogP contribution < -0.4 is 0 Å². The Morgan fingerprint density at radius 1 is 1.48 bits per heavy atom. The summed E-state index contributed by atoms with van der Waals surface area (Å²) in [5.74, 6) is -0.946. The highest BCUT2D eigenvalue weighted by atomic mass is 35.5. The van der Waals surface area contributed by atoms with Gasteiger partial charge in [0.15, 0.2) is 5.69 Å². The van der Waals surface area contributed by atoms with Gasteiger partial charge in [0, 0.05) is 24.2 Å². The molecule has 25 heavy (non-hydrogen) atoms. The molecule has 0 radical (unpaired) electrons. The fourth-order valence-corrected chi connectivity index (χ4v) is 3.74. The van der Waals surface area contributed by atoms with Crippen LogP contribution in [0.1, 0.15) is 28.5 Å². The van der Waals surface area contributed by atoms with E-state index in [0.29, 0.717) is 14.9 Å². The van der Waals surface area contributed by atoms with E-state index in [0.717, 1.165) is 15.9 Å². The van der Waals surface area contributed by atoms with Crippen molar-refractivity contribution in [2.75, 3.05) is 7.11 Å². The van der Waals surface area contributed by atoms with Crippen LogP contribution in [-0.2, 0) is 24.5 Å². The zero-order valence-corrected chi connectivity index (χ0v) is 15.7. The van der Waals surface area contributed by atoms with E-state index < -0.39 is 29.4 Å². The summed E-state index contributed by atoms with van der Waals surface area (Å²) >= 11 is 13.3. The summed E-state index contributed by atoms with van der Waals surface area (Å²) < 4.78 is 40.6. The molecule has 0 saturated carbocycles. The minimum absolute atomic E-state index is 0.225. The Balaban J connectivity index is 2.30. The lowest BCUT2D eigenvalue weighted by atomic mass is 10.1. The van der Waals surface area contributed by atoms with Crippen molar-refractivity contribution >= 4 is 40.4 Å². The molecule has 1 atom stereocenters. The van der Waals surface area contributed by atoms with Gasteiger partial charge in [-0.05, 0) is 13.3 Å². The average Bonchev–Trinajstić information content (AvgIpc) is 3.05. The third-order valence-electron chi connectivity index (χ3n) is 3.42. The number of thiophene rings is 1. The Kier molecular flexibility index (Phi) is 6.03. The first kappa shape index (κ1) is 20.0. The molecule has 0 aromatic carbocycles. The Hall–Kier alpha value is -1.29. The molecule has 0 saturated heterocycles. The van der Waals surface area contributed by atoms with E-state index in [4.69, 9.17) is 28.0 Å². The molecular weight excluding hydrogens is 402 g/mol. The van der Waals surface area contributed by atoms with Gasteiger partial charge in [-0.15, -0.1) is 11.3 Å². The molecule has 2 aromatic heterocycles. The molecule has 0 spiro atoms. The van der Waals surface area contributed by atoms with Gasteiger partial charge in [-0.2, -0.15) is 18.3 Å². The van der Waals surface area contributed by atoms with E-state index >= 15 is 0 Å². The van der Waals surface area contributed by atoms with Crippen molar-refractivity contribution in [3.63, 3.8) is 0 Å². The van der Waals surface area contributed by atoms with Crippen LogP contribution in [0.4, 0.5) is 13.2 Å². The fourth-order valence-electron chi connectivity index (χ4n) is 2.33. The Morgan fingerprint density at radius 2 is 2.12 bits per heavy atom. The summed E-state index contributed by atoms with van der Waals surface area (Å²) in [5.41, 5.74) is -1.25. The van der Waals surface area contributed by atoms with E-state index in [1.54, 1.807) is 12.3 Å². The predicted molar refractivity (Wildman–Crippen MR) is 88.9 cm³/mol. The zero-order chi connectivity index (χ0) is 18.9. The van der Waals surface area contributed by atoms with Crippen LogP contribution >= 0.6 is 34.5 Å². The Morgan fingerprint density at radius 3 is 2.60 bits per heavy atom. The molecule has 0 bridgehead atoms. The van der Waals surface area contributed by atoms with Gasteiger partial charge < -0.3 is 0 Å². The largest absolute Gasteiger partial charge is 0.435 e.